The van der Waals surface area contributed by atoms with Crippen LogP contribution in [-0.4, -0.2) is 73.3 Å². The number of hydrogen-bond donors (Lipinski definition) is 0. The Hall–Kier alpha value is -2.55. The van der Waals surface area contributed by atoms with Crippen LogP contribution in [0, 0.1) is 20.8 Å². The van der Waals surface area contributed by atoms with Crippen LogP contribution in [0.25, 0.3) is 0 Å². The molecule has 9 heteroatoms. The van der Waals surface area contributed by atoms with Gasteiger partial charge in [-0.3, -0.25) is 9.48 Å². The Bertz CT molecular complexity index is 1070. The number of hydrogen-bond acceptors (Lipinski definition) is 6. The SMILES string of the molecule is Cc1cccc(OCC(=O)N2CCN(c3c(C)nn(C4CCS(=O)(=O)C4)c3C)CC2)c1. The largest absolute Gasteiger partial charge is 0.484 e. The third-order valence-corrected chi connectivity index (χ3v) is 7.89. The van der Waals surface area contributed by atoms with Gasteiger partial charge < -0.3 is 14.5 Å². The fourth-order valence-electron chi connectivity index (χ4n) is 4.56. The quantitative estimate of drug-likeness (QED) is 0.697. The van der Waals surface area contributed by atoms with Crippen molar-refractivity contribution in [1.29, 1.82) is 0 Å². The first-order valence-corrected chi connectivity index (χ1v) is 12.5. The van der Waals surface area contributed by atoms with E-state index < -0.39 is 9.84 Å². The number of aryl methyl sites for hydroxylation is 2. The molecule has 0 radical (unpaired) electrons. The number of rotatable bonds is 5. The summed E-state index contributed by atoms with van der Waals surface area (Å²) in [5.74, 6) is 1.09. The van der Waals surface area contributed by atoms with Gasteiger partial charge in [0.1, 0.15) is 5.75 Å². The third-order valence-electron chi connectivity index (χ3n) is 6.14. The minimum absolute atomic E-state index is 0.0125. The molecule has 31 heavy (non-hydrogen) atoms. The second-order valence-electron chi connectivity index (χ2n) is 8.49. The van der Waals surface area contributed by atoms with Gasteiger partial charge in [-0.25, -0.2) is 8.42 Å². The minimum atomic E-state index is -2.96. The molecule has 0 spiro atoms. The summed E-state index contributed by atoms with van der Waals surface area (Å²) in [6.07, 6.45) is 0.618. The Kier molecular flexibility index (Phi) is 5.96. The van der Waals surface area contributed by atoms with Crippen molar-refractivity contribution in [3.05, 3.63) is 41.2 Å². The maximum atomic E-state index is 12.6. The van der Waals surface area contributed by atoms with Gasteiger partial charge in [0.25, 0.3) is 5.91 Å². The normalized spacial score (nSPS) is 20.8. The lowest BCUT2D eigenvalue weighted by Crippen LogP contribution is -2.50. The predicted molar refractivity (Wildman–Crippen MR) is 119 cm³/mol. The summed E-state index contributed by atoms with van der Waals surface area (Å²) in [4.78, 5) is 16.7. The molecule has 0 N–H and O–H groups in total. The first-order chi connectivity index (χ1) is 14.7. The van der Waals surface area contributed by atoms with Crippen molar-refractivity contribution in [3.63, 3.8) is 0 Å². The van der Waals surface area contributed by atoms with Crippen LogP contribution in [0.15, 0.2) is 24.3 Å². The van der Waals surface area contributed by atoms with Gasteiger partial charge in [-0.05, 0) is 44.9 Å². The van der Waals surface area contributed by atoms with Gasteiger partial charge in [-0.15, -0.1) is 0 Å². The molecule has 0 saturated carbocycles. The fraction of sp³-hybridized carbons (Fsp3) is 0.545. The van der Waals surface area contributed by atoms with Gasteiger partial charge >= 0.3 is 0 Å². The van der Waals surface area contributed by atoms with Crippen LogP contribution < -0.4 is 9.64 Å². The number of benzene rings is 1. The van der Waals surface area contributed by atoms with Crippen LogP contribution in [-0.2, 0) is 14.6 Å². The summed E-state index contributed by atoms with van der Waals surface area (Å²) in [7, 11) is -2.96. The summed E-state index contributed by atoms with van der Waals surface area (Å²) < 4.78 is 31.3. The van der Waals surface area contributed by atoms with E-state index in [0.717, 1.165) is 22.6 Å². The highest BCUT2D eigenvalue weighted by Gasteiger charge is 2.33. The molecule has 3 heterocycles. The number of carbonyl (C=O) groups excluding carboxylic acids is 1. The number of anilines is 1. The number of ether oxygens (including phenoxy) is 1. The molecule has 168 valence electrons. The highest BCUT2D eigenvalue weighted by molar-refractivity contribution is 7.91. The summed E-state index contributed by atoms with van der Waals surface area (Å²) in [5, 5.41) is 4.67. The predicted octanol–water partition coefficient (Wildman–Crippen LogP) is 1.90. The van der Waals surface area contributed by atoms with E-state index in [1.54, 1.807) is 0 Å². The van der Waals surface area contributed by atoms with Crippen LogP contribution >= 0.6 is 0 Å². The van der Waals surface area contributed by atoms with E-state index >= 15 is 0 Å². The smallest absolute Gasteiger partial charge is 0.260 e. The maximum absolute atomic E-state index is 12.6. The summed E-state index contributed by atoms with van der Waals surface area (Å²) >= 11 is 0. The lowest BCUT2D eigenvalue weighted by atomic mass is 10.2. The highest BCUT2D eigenvalue weighted by atomic mass is 32.2. The van der Waals surface area contributed by atoms with Gasteiger partial charge in [0.2, 0.25) is 0 Å². The van der Waals surface area contributed by atoms with Crippen molar-refractivity contribution >= 4 is 21.4 Å². The Morgan fingerprint density at radius 3 is 2.55 bits per heavy atom. The van der Waals surface area contributed by atoms with E-state index in [-0.39, 0.29) is 30.1 Å². The molecule has 1 atom stereocenters. The number of sulfone groups is 1. The molecular weight excluding hydrogens is 416 g/mol. The summed E-state index contributed by atoms with van der Waals surface area (Å²) in [6.45, 7) is 8.68. The number of nitrogens with zero attached hydrogens (tertiary/aromatic N) is 4. The molecule has 1 aromatic heterocycles. The minimum Gasteiger partial charge on any atom is -0.484 e. The van der Waals surface area contributed by atoms with Gasteiger partial charge in [-0.1, -0.05) is 12.1 Å². The lowest BCUT2D eigenvalue weighted by molar-refractivity contribution is -0.133. The molecular formula is C22H30N4O4S. The fourth-order valence-corrected chi connectivity index (χ4v) is 6.25. The van der Waals surface area contributed by atoms with Gasteiger partial charge in [-0.2, -0.15) is 5.10 Å². The second-order valence-corrected chi connectivity index (χ2v) is 10.7. The Morgan fingerprint density at radius 1 is 1.16 bits per heavy atom. The van der Waals surface area contributed by atoms with Crippen molar-refractivity contribution in [1.82, 2.24) is 14.7 Å². The van der Waals surface area contributed by atoms with E-state index in [1.807, 2.05) is 54.6 Å². The molecule has 0 bridgehead atoms. The molecule has 0 aliphatic carbocycles. The Labute approximate surface area is 183 Å². The Balaban J connectivity index is 1.36. The third kappa shape index (κ3) is 4.71. The molecule has 2 saturated heterocycles. The Morgan fingerprint density at radius 2 is 1.90 bits per heavy atom. The first-order valence-electron chi connectivity index (χ1n) is 10.7. The lowest BCUT2D eigenvalue weighted by Gasteiger charge is -2.36. The van der Waals surface area contributed by atoms with Crippen molar-refractivity contribution < 1.29 is 17.9 Å². The van der Waals surface area contributed by atoms with Crippen LogP contribution in [0.5, 0.6) is 5.75 Å². The van der Waals surface area contributed by atoms with Crippen LogP contribution in [0.2, 0.25) is 0 Å². The molecule has 2 aliphatic rings. The molecule has 1 amide bonds. The van der Waals surface area contributed by atoms with Gasteiger partial charge in [0.15, 0.2) is 16.4 Å². The maximum Gasteiger partial charge on any atom is 0.260 e. The van der Waals surface area contributed by atoms with Gasteiger partial charge in [0, 0.05) is 26.2 Å². The zero-order valence-electron chi connectivity index (χ0n) is 18.4. The van der Waals surface area contributed by atoms with Crippen LogP contribution in [0.4, 0.5) is 5.69 Å². The molecule has 1 unspecified atom stereocenters. The molecule has 8 nitrogen and oxygen atoms in total. The van der Waals surface area contributed by atoms with Crippen molar-refractivity contribution in [2.75, 3.05) is 49.2 Å². The van der Waals surface area contributed by atoms with E-state index in [2.05, 4.69) is 10.00 Å². The van der Waals surface area contributed by atoms with Crippen molar-refractivity contribution in [2.24, 2.45) is 0 Å². The van der Waals surface area contributed by atoms with Gasteiger partial charge in [0.05, 0.1) is 34.6 Å². The van der Waals surface area contributed by atoms with E-state index in [4.69, 9.17) is 4.74 Å². The highest BCUT2D eigenvalue weighted by Crippen LogP contribution is 2.31. The van der Waals surface area contributed by atoms with Crippen LogP contribution in [0.3, 0.4) is 0 Å². The topological polar surface area (TPSA) is 84.7 Å². The number of amides is 1. The van der Waals surface area contributed by atoms with Crippen molar-refractivity contribution in [2.45, 2.75) is 33.2 Å². The standard InChI is InChI=1S/C22H30N4O4S/c1-16-5-4-6-20(13-16)30-14-21(27)24-8-10-25(11-9-24)22-17(2)23-26(18(22)3)19-7-12-31(28,29)15-19/h4-6,13,19H,7-12,14-15H2,1-3H3. The van der Waals surface area contributed by atoms with Crippen molar-refractivity contribution in [3.8, 4) is 5.75 Å². The van der Waals surface area contributed by atoms with E-state index in [1.165, 1.54) is 0 Å². The number of aromatic nitrogens is 2. The molecule has 2 aromatic rings. The molecule has 4 rings (SSSR count). The zero-order chi connectivity index (χ0) is 22.2. The first kappa shape index (κ1) is 21.7. The monoisotopic (exact) mass is 446 g/mol. The molecule has 2 aliphatic heterocycles. The number of carbonyl (C=O) groups is 1. The average Bonchev–Trinajstić information content (AvgIpc) is 3.24. The second kappa shape index (κ2) is 8.53. The van der Waals surface area contributed by atoms with Crippen LogP contribution in [0.1, 0.15) is 29.4 Å². The molecule has 1 aromatic carbocycles. The summed E-state index contributed by atoms with van der Waals surface area (Å²) in [5.41, 5.74) is 4.07. The van der Waals surface area contributed by atoms with E-state index in [9.17, 15) is 13.2 Å². The summed E-state index contributed by atoms with van der Waals surface area (Å²) in [6, 6.07) is 7.60. The zero-order valence-corrected chi connectivity index (χ0v) is 19.2. The van der Waals surface area contributed by atoms with E-state index in [0.29, 0.717) is 38.3 Å². The molecule has 2 fully saturated rings. The average molecular weight is 447 g/mol. The number of piperazine rings is 1.